The van der Waals surface area contributed by atoms with E-state index in [1.807, 2.05) is 0 Å². The highest BCUT2D eigenvalue weighted by molar-refractivity contribution is 5.03. The summed E-state index contributed by atoms with van der Waals surface area (Å²) in [6.45, 7) is 0. The summed E-state index contributed by atoms with van der Waals surface area (Å²) in [4.78, 5) is 0. The molecule has 0 amide bonds. The molecular formula is C8H14O2. The van der Waals surface area contributed by atoms with Gasteiger partial charge in [-0.05, 0) is 19.3 Å². The molecule has 2 N–H and O–H groups in total. The highest BCUT2D eigenvalue weighted by atomic mass is 16.5. The highest BCUT2D eigenvalue weighted by Crippen LogP contribution is 2.58. The molecule has 0 atom stereocenters. The summed E-state index contributed by atoms with van der Waals surface area (Å²) in [5, 5.41) is 18.8. The van der Waals surface area contributed by atoms with Gasteiger partial charge in [0.25, 0.3) is 0 Å². The maximum Gasteiger partial charge on any atom is 0.168 e. The van der Waals surface area contributed by atoms with Gasteiger partial charge in [0.15, 0.2) is 5.79 Å². The Kier molecular flexibility index (Phi) is 1.15. The van der Waals surface area contributed by atoms with Gasteiger partial charge in [-0.1, -0.05) is 12.8 Å². The predicted octanol–water partition coefficient (Wildman–Crippen LogP) is 1.02. The van der Waals surface area contributed by atoms with Crippen LogP contribution in [0.5, 0.6) is 0 Å². The van der Waals surface area contributed by atoms with E-state index in [0.29, 0.717) is 6.42 Å². The zero-order chi connectivity index (χ0) is 7.24. The van der Waals surface area contributed by atoms with Gasteiger partial charge in [-0.15, -0.1) is 0 Å². The molecular weight excluding hydrogens is 128 g/mol. The summed E-state index contributed by atoms with van der Waals surface area (Å²) >= 11 is 0. The second-order valence-electron chi connectivity index (χ2n) is 3.80. The molecule has 0 aromatic rings. The number of aliphatic hydroxyl groups is 2. The van der Waals surface area contributed by atoms with Gasteiger partial charge < -0.3 is 10.2 Å². The fourth-order valence-corrected chi connectivity index (χ4v) is 2.40. The first-order chi connectivity index (χ1) is 4.66. The molecule has 2 saturated carbocycles. The second kappa shape index (κ2) is 1.74. The van der Waals surface area contributed by atoms with E-state index in [-0.39, 0.29) is 5.41 Å². The summed E-state index contributed by atoms with van der Waals surface area (Å²) < 4.78 is 0. The van der Waals surface area contributed by atoms with E-state index in [9.17, 15) is 10.2 Å². The van der Waals surface area contributed by atoms with E-state index >= 15 is 0 Å². The van der Waals surface area contributed by atoms with E-state index in [2.05, 4.69) is 0 Å². The van der Waals surface area contributed by atoms with Crippen molar-refractivity contribution in [1.29, 1.82) is 0 Å². The minimum Gasteiger partial charge on any atom is -0.365 e. The molecule has 10 heavy (non-hydrogen) atoms. The number of hydrogen-bond acceptors (Lipinski definition) is 2. The molecule has 2 fully saturated rings. The van der Waals surface area contributed by atoms with Gasteiger partial charge in [0.2, 0.25) is 0 Å². The van der Waals surface area contributed by atoms with Gasteiger partial charge in [0, 0.05) is 11.8 Å². The number of rotatable bonds is 0. The minimum atomic E-state index is -1.30. The molecule has 0 saturated heterocycles. The van der Waals surface area contributed by atoms with Crippen LogP contribution >= 0.6 is 0 Å². The molecule has 0 aromatic heterocycles. The average molecular weight is 142 g/mol. The topological polar surface area (TPSA) is 40.5 Å². The van der Waals surface area contributed by atoms with Crippen LogP contribution in [0.1, 0.15) is 38.5 Å². The first-order valence-corrected chi connectivity index (χ1v) is 4.11. The van der Waals surface area contributed by atoms with E-state index < -0.39 is 5.79 Å². The largest absolute Gasteiger partial charge is 0.365 e. The van der Waals surface area contributed by atoms with E-state index in [4.69, 9.17) is 0 Å². The highest BCUT2D eigenvalue weighted by Gasteiger charge is 2.58. The quantitative estimate of drug-likeness (QED) is 0.496. The smallest absolute Gasteiger partial charge is 0.168 e. The third-order valence-corrected chi connectivity index (χ3v) is 3.36. The van der Waals surface area contributed by atoms with Crippen LogP contribution in [0.2, 0.25) is 0 Å². The van der Waals surface area contributed by atoms with Crippen molar-refractivity contribution in [2.45, 2.75) is 44.3 Å². The van der Waals surface area contributed by atoms with Gasteiger partial charge in [-0.25, -0.2) is 0 Å². The Bertz CT molecular complexity index is 145. The van der Waals surface area contributed by atoms with E-state index in [0.717, 1.165) is 19.3 Å². The molecule has 0 aliphatic heterocycles. The van der Waals surface area contributed by atoms with Gasteiger partial charge in [-0.2, -0.15) is 0 Å². The van der Waals surface area contributed by atoms with Crippen molar-refractivity contribution >= 4 is 0 Å². The first-order valence-electron chi connectivity index (χ1n) is 4.11. The number of hydrogen-bond donors (Lipinski definition) is 2. The lowest BCUT2D eigenvalue weighted by Gasteiger charge is -2.50. The molecule has 2 aliphatic rings. The molecule has 0 heterocycles. The molecule has 0 aromatic carbocycles. The van der Waals surface area contributed by atoms with Crippen LogP contribution in [0.3, 0.4) is 0 Å². The zero-order valence-electron chi connectivity index (χ0n) is 6.14. The van der Waals surface area contributed by atoms with Gasteiger partial charge in [-0.3, -0.25) is 0 Å². The Hall–Kier alpha value is -0.0800. The van der Waals surface area contributed by atoms with Crippen molar-refractivity contribution in [3.8, 4) is 0 Å². The lowest BCUT2D eigenvalue weighted by molar-refractivity contribution is -0.302. The van der Waals surface area contributed by atoms with Crippen LogP contribution in [0.15, 0.2) is 0 Å². The fraction of sp³-hybridized carbons (Fsp3) is 1.00. The van der Waals surface area contributed by atoms with Crippen LogP contribution in [0, 0.1) is 5.41 Å². The molecule has 2 heteroatoms. The van der Waals surface area contributed by atoms with Crippen LogP contribution < -0.4 is 0 Å². The Morgan fingerprint density at radius 3 is 1.60 bits per heavy atom. The lowest BCUT2D eigenvalue weighted by atomic mass is 9.62. The molecule has 0 unspecified atom stereocenters. The molecule has 2 aliphatic carbocycles. The maximum atomic E-state index is 9.42. The van der Waals surface area contributed by atoms with Crippen LogP contribution in [0.25, 0.3) is 0 Å². The third-order valence-electron chi connectivity index (χ3n) is 3.36. The molecule has 1 spiro atoms. The molecule has 58 valence electrons. The Morgan fingerprint density at radius 2 is 1.40 bits per heavy atom. The van der Waals surface area contributed by atoms with E-state index in [1.54, 1.807) is 0 Å². The van der Waals surface area contributed by atoms with Crippen molar-refractivity contribution < 1.29 is 10.2 Å². The average Bonchev–Trinajstić information content (AvgIpc) is 2.34. The van der Waals surface area contributed by atoms with Crippen molar-refractivity contribution in [1.82, 2.24) is 0 Å². The van der Waals surface area contributed by atoms with Crippen molar-refractivity contribution in [2.75, 3.05) is 0 Å². The van der Waals surface area contributed by atoms with Gasteiger partial charge in [0.1, 0.15) is 0 Å². The van der Waals surface area contributed by atoms with Crippen molar-refractivity contribution in [3.63, 3.8) is 0 Å². The molecule has 0 bridgehead atoms. The Balaban J connectivity index is 2.15. The monoisotopic (exact) mass is 142 g/mol. The molecule has 0 radical (unpaired) electrons. The molecule has 2 nitrogen and oxygen atoms in total. The SMILES string of the molecule is OC1(O)CCC12CCCC2. The lowest BCUT2D eigenvalue weighted by Crippen LogP contribution is -2.55. The predicted molar refractivity (Wildman–Crippen MR) is 37.3 cm³/mol. The van der Waals surface area contributed by atoms with E-state index in [1.165, 1.54) is 12.8 Å². The molecule has 2 rings (SSSR count). The summed E-state index contributed by atoms with van der Waals surface area (Å²) in [6, 6.07) is 0. The summed E-state index contributed by atoms with van der Waals surface area (Å²) in [5.41, 5.74) is -0.0764. The van der Waals surface area contributed by atoms with Crippen LogP contribution in [-0.2, 0) is 0 Å². The van der Waals surface area contributed by atoms with Crippen molar-refractivity contribution in [2.24, 2.45) is 5.41 Å². The Labute approximate surface area is 60.9 Å². The summed E-state index contributed by atoms with van der Waals surface area (Å²) in [7, 11) is 0. The summed E-state index contributed by atoms with van der Waals surface area (Å²) in [5.74, 6) is -1.30. The summed E-state index contributed by atoms with van der Waals surface area (Å²) in [6.07, 6.45) is 6.04. The van der Waals surface area contributed by atoms with Crippen molar-refractivity contribution in [3.05, 3.63) is 0 Å². The van der Waals surface area contributed by atoms with Crippen LogP contribution in [0.4, 0.5) is 0 Å². The second-order valence-corrected chi connectivity index (χ2v) is 3.80. The minimum absolute atomic E-state index is 0.0764. The fourth-order valence-electron chi connectivity index (χ4n) is 2.40. The normalized spacial score (nSPS) is 34.2. The third kappa shape index (κ3) is 0.611. The zero-order valence-corrected chi connectivity index (χ0v) is 6.14. The van der Waals surface area contributed by atoms with Gasteiger partial charge in [0.05, 0.1) is 0 Å². The van der Waals surface area contributed by atoms with Gasteiger partial charge >= 0.3 is 0 Å². The Morgan fingerprint density at radius 1 is 0.800 bits per heavy atom. The standard InChI is InChI=1S/C8H14O2/c9-8(10)6-5-7(8)3-1-2-4-7/h9-10H,1-6H2. The maximum absolute atomic E-state index is 9.42. The van der Waals surface area contributed by atoms with Crippen LogP contribution in [-0.4, -0.2) is 16.0 Å². The first kappa shape index (κ1) is 6.62.